The lowest BCUT2D eigenvalue weighted by atomic mass is 10.1. The zero-order valence-corrected chi connectivity index (χ0v) is 15.8. The van der Waals surface area contributed by atoms with Crippen molar-refractivity contribution in [3.8, 4) is 11.4 Å². The Kier molecular flexibility index (Phi) is 5.07. The van der Waals surface area contributed by atoms with E-state index < -0.39 is 11.3 Å². The van der Waals surface area contributed by atoms with Gasteiger partial charge in [-0.3, -0.25) is 9.59 Å². The molecule has 4 aromatic rings. The van der Waals surface area contributed by atoms with Gasteiger partial charge in [0.15, 0.2) is 5.69 Å². The molecule has 0 saturated carbocycles. The van der Waals surface area contributed by atoms with Gasteiger partial charge in [-0.05, 0) is 30.3 Å². The molecule has 4 rings (SSSR count). The molecule has 0 bridgehead atoms. The Morgan fingerprint density at radius 2 is 1.66 bits per heavy atom. The van der Waals surface area contributed by atoms with Crippen LogP contribution in [0.5, 0.6) is 5.75 Å². The number of carbonyl (C=O) groups excluding carboxylic acids is 1. The van der Waals surface area contributed by atoms with Gasteiger partial charge in [-0.2, -0.15) is 5.10 Å². The van der Waals surface area contributed by atoms with Crippen LogP contribution in [0.15, 0.2) is 83.7 Å². The average Bonchev–Trinajstić information content (AvgIpc) is 2.78. The van der Waals surface area contributed by atoms with E-state index in [1.54, 1.807) is 23.9 Å². The van der Waals surface area contributed by atoms with Crippen molar-refractivity contribution >= 4 is 16.8 Å². The quantitative estimate of drug-likeness (QED) is 0.572. The van der Waals surface area contributed by atoms with Crippen molar-refractivity contribution in [2.75, 3.05) is 7.11 Å². The summed E-state index contributed by atoms with van der Waals surface area (Å²) >= 11 is 0. The third-order valence-corrected chi connectivity index (χ3v) is 4.64. The fraction of sp³-hybridized carbons (Fsp3) is 0.0870. The van der Waals surface area contributed by atoms with E-state index >= 15 is 0 Å². The summed E-state index contributed by atoms with van der Waals surface area (Å²) in [6.07, 6.45) is 0. The van der Waals surface area contributed by atoms with Crippen LogP contribution in [0.2, 0.25) is 0 Å². The lowest BCUT2D eigenvalue weighted by Gasteiger charge is -2.13. The average molecular weight is 385 g/mol. The summed E-state index contributed by atoms with van der Waals surface area (Å²) in [6, 6.07) is 23.9. The summed E-state index contributed by atoms with van der Waals surface area (Å²) in [6.45, 7) is 0.224. The molecule has 0 saturated heterocycles. The Labute approximate surface area is 167 Å². The smallest absolute Gasteiger partial charge is 0.276 e. The van der Waals surface area contributed by atoms with E-state index in [2.05, 4.69) is 10.4 Å². The number of hydrogen-bond donors (Lipinski definition) is 1. The Hall–Kier alpha value is -3.93. The molecular weight excluding hydrogens is 366 g/mol. The summed E-state index contributed by atoms with van der Waals surface area (Å²) in [5, 5.41) is 7.60. The van der Waals surface area contributed by atoms with Crippen LogP contribution in [-0.4, -0.2) is 22.8 Å². The molecule has 0 aliphatic heterocycles. The van der Waals surface area contributed by atoms with Gasteiger partial charge in [0.1, 0.15) is 5.75 Å². The molecule has 1 N–H and O–H groups in total. The van der Waals surface area contributed by atoms with E-state index in [0.29, 0.717) is 16.7 Å². The van der Waals surface area contributed by atoms with E-state index in [9.17, 15) is 9.59 Å². The number of rotatable bonds is 5. The molecule has 1 heterocycles. The Morgan fingerprint density at radius 3 is 2.45 bits per heavy atom. The third kappa shape index (κ3) is 3.60. The zero-order chi connectivity index (χ0) is 20.2. The van der Waals surface area contributed by atoms with E-state index in [1.807, 2.05) is 66.7 Å². The number of fused-ring (bicyclic) bond motifs is 1. The van der Waals surface area contributed by atoms with Crippen LogP contribution >= 0.6 is 0 Å². The number of nitrogens with one attached hydrogen (secondary N) is 1. The van der Waals surface area contributed by atoms with Gasteiger partial charge in [-0.15, -0.1) is 0 Å². The standard InChI is InChI=1S/C23H19N3O3/c1-29-20-14-8-5-9-16(20)15-24-23(28)21-22(27)18-12-6-7-13-19(18)26(25-21)17-10-3-2-4-11-17/h2-14H,15H2,1H3,(H,24,28). The number of amides is 1. The van der Waals surface area contributed by atoms with Gasteiger partial charge >= 0.3 is 0 Å². The summed E-state index contributed by atoms with van der Waals surface area (Å²) in [4.78, 5) is 25.8. The number of aromatic nitrogens is 2. The molecule has 0 atom stereocenters. The molecule has 3 aromatic carbocycles. The highest BCUT2D eigenvalue weighted by molar-refractivity contribution is 5.95. The number of hydrogen-bond acceptors (Lipinski definition) is 4. The highest BCUT2D eigenvalue weighted by Gasteiger charge is 2.18. The molecule has 1 aromatic heterocycles. The van der Waals surface area contributed by atoms with Crippen molar-refractivity contribution in [3.05, 3.63) is 100 Å². The maximum absolute atomic E-state index is 12.9. The number of para-hydroxylation sites is 3. The molecule has 0 aliphatic carbocycles. The van der Waals surface area contributed by atoms with Crippen LogP contribution in [0.25, 0.3) is 16.6 Å². The number of carbonyl (C=O) groups is 1. The van der Waals surface area contributed by atoms with Gasteiger partial charge in [-0.1, -0.05) is 48.5 Å². The minimum Gasteiger partial charge on any atom is -0.496 e. The molecule has 0 radical (unpaired) electrons. The summed E-state index contributed by atoms with van der Waals surface area (Å²) in [5.41, 5.74) is 1.67. The van der Waals surface area contributed by atoms with Crippen molar-refractivity contribution < 1.29 is 9.53 Å². The SMILES string of the molecule is COc1ccccc1CNC(=O)c1nn(-c2ccccc2)c2ccccc2c1=O. The minimum absolute atomic E-state index is 0.151. The molecular formula is C23H19N3O3. The van der Waals surface area contributed by atoms with Crippen molar-refractivity contribution in [1.29, 1.82) is 0 Å². The second-order valence-electron chi connectivity index (χ2n) is 6.44. The van der Waals surface area contributed by atoms with Crippen LogP contribution in [0, 0.1) is 0 Å². The number of nitrogens with zero attached hydrogens (tertiary/aromatic N) is 2. The van der Waals surface area contributed by atoms with Crippen molar-refractivity contribution in [2.24, 2.45) is 0 Å². The summed E-state index contributed by atoms with van der Waals surface area (Å²) < 4.78 is 6.93. The highest BCUT2D eigenvalue weighted by atomic mass is 16.5. The van der Waals surface area contributed by atoms with Gasteiger partial charge in [-0.25, -0.2) is 4.68 Å². The topological polar surface area (TPSA) is 73.2 Å². The molecule has 6 heteroatoms. The normalized spacial score (nSPS) is 10.7. The van der Waals surface area contributed by atoms with E-state index in [0.717, 1.165) is 11.3 Å². The second kappa shape index (κ2) is 7.98. The van der Waals surface area contributed by atoms with E-state index in [4.69, 9.17) is 4.74 Å². The second-order valence-corrected chi connectivity index (χ2v) is 6.44. The largest absolute Gasteiger partial charge is 0.496 e. The molecule has 29 heavy (non-hydrogen) atoms. The first kappa shape index (κ1) is 18.4. The van der Waals surface area contributed by atoms with Crippen LogP contribution in [0.1, 0.15) is 16.1 Å². The van der Waals surface area contributed by atoms with Crippen LogP contribution in [0.3, 0.4) is 0 Å². The fourth-order valence-electron chi connectivity index (χ4n) is 3.20. The zero-order valence-electron chi connectivity index (χ0n) is 15.8. The molecule has 0 spiro atoms. The number of ether oxygens (including phenoxy) is 1. The van der Waals surface area contributed by atoms with Crippen LogP contribution in [0.4, 0.5) is 0 Å². The highest BCUT2D eigenvalue weighted by Crippen LogP contribution is 2.18. The van der Waals surface area contributed by atoms with Crippen molar-refractivity contribution in [1.82, 2.24) is 15.1 Å². The molecule has 0 unspecified atom stereocenters. The first-order valence-electron chi connectivity index (χ1n) is 9.16. The molecule has 6 nitrogen and oxygen atoms in total. The first-order chi connectivity index (χ1) is 14.2. The van der Waals surface area contributed by atoms with Gasteiger partial charge in [0, 0.05) is 12.1 Å². The fourth-order valence-corrected chi connectivity index (χ4v) is 3.20. The lowest BCUT2D eigenvalue weighted by Crippen LogP contribution is -2.31. The maximum atomic E-state index is 12.9. The van der Waals surface area contributed by atoms with Gasteiger partial charge < -0.3 is 10.1 Å². The van der Waals surface area contributed by atoms with Gasteiger partial charge in [0.2, 0.25) is 5.43 Å². The Bertz CT molecular complexity index is 1230. The molecule has 144 valence electrons. The molecule has 1 amide bonds. The number of methoxy groups -OCH3 is 1. The maximum Gasteiger partial charge on any atom is 0.276 e. The minimum atomic E-state index is -0.531. The van der Waals surface area contributed by atoms with Crippen molar-refractivity contribution in [2.45, 2.75) is 6.54 Å². The molecule has 0 aliphatic rings. The van der Waals surface area contributed by atoms with Crippen molar-refractivity contribution in [3.63, 3.8) is 0 Å². The molecule has 0 fully saturated rings. The third-order valence-electron chi connectivity index (χ3n) is 4.64. The van der Waals surface area contributed by atoms with Gasteiger partial charge in [0.25, 0.3) is 5.91 Å². The summed E-state index contributed by atoms with van der Waals surface area (Å²) in [5.74, 6) is 0.136. The predicted molar refractivity (Wildman–Crippen MR) is 112 cm³/mol. The monoisotopic (exact) mass is 385 g/mol. The van der Waals surface area contributed by atoms with E-state index in [1.165, 1.54) is 0 Å². The van der Waals surface area contributed by atoms with Crippen LogP contribution in [-0.2, 0) is 6.54 Å². The van der Waals surface area contributed by atoms with Gasteiger partial charge in [0.05, 0.1) is 23.7 Å². The predicted octanol–water partition coefficient (Wildman–Crippen LogP) is 3.32. The summed E-state index contributed by atoms with van der Waals surface area (Å²) in [7, 11) is 1.57. The Morgan fingerprint density at radius 1 is 0.966 bits per heavy atom. The Balaban J connectivity index is 1.74. The van der Waals surface area contributed by atoms with Crippen LogP contribution < -0.4 is 15.5 Å². The number of benzene rings is 3. The lowest BCUT2D eigenvalue weighted by molar-refractivity contribution is 0.0943. The first-order valence-corrected chi connectivity index (χ1v) is 9.16. The van der Waals surface area contributed by atoms with E-state index in [-0.39, 0.29) is 12.2 Å².